The summed E-state index contributed by atoms with van der Waals surface area (Å²) in [4.78, 5) is 4.22. The van der Waals surface area contributed by atoms with Crippen molar-refractivity contribution in [3.05, 3.63) is 66.0 Å². The average molecular weight is 336 g/mol. The first-order valence-corrected chi connectivity index (χ1v) is 7.96. The summed E-state index contributed by atoms with van der Waals surface area (Å²) in [6.45, 7) is 4.38. The Morgan fingerprint density at radius 1 is 1.12 bits per heavy atom. The molecule has 3 aromatic rings. The molecule has 2 heterocycles. The first-order valence-electron chi connectivity index (χ1n) is 7.96. The molecule has 0 aliphatic rings. The van der Waals surface area contributed by atoms with Gasteiger partial charge in [0.2, 0.25) is 5.88 Å². The molecule has 0 saturated heterocycles. The second-order valence-electron chi connectivity index (χ2n) is 4.74. The Morgan fingerprint density at radius 3 is 2.72 bits per heavy atom. The van der Waals surface area contributed by atoms with Crippen LogP contribution in [0.1, 0.15) is 25.0 Å². The predicted octanol–water partition coefficient (Wildman–Crippen LogP) is 3.75. The summed E-state index contributed by atoms with van der Waals surface area (Å²) >= 11 is 0. The Bertz CT molecular complexity index is 852. The number of nitriles is 1. The lowest BCUT2D eigenvalue weighted by Gasteiger charge is -2.09. The van der Waals surface area contributed by atoms with Crippen molar-refractivity contribution in [1.29, 1.82) is 5.26 Å². The zero-order valence-electron chi connectivity index (χ0n) is 14.5. The Hall–Kier alpha value is -3.33. The van der Waals surface area contributed by atoms with Crippen molar-refractivity contribution in [3.63, 3.8) is 0 Å². The predicted molar refractivity (Wildman–Crippen MR) is 94.7 cm³/mol. The van der Waals surface area contributed by atoms with Crippen molar-refractivity contribution < 1.29 is 9.47 Å². The smallest absolute Gasteiger partial charge is 0.218 e. The van der Waals surface area contributed by atoms with Gasteiger partial charge in [0.15, 0.2) is 5.82 Å². The molecule has 0 N–H and O–H groups in total. The van der Waals surface area contributed by atoms with Gasteiger partial charge in [-0.15, -0.1) is 0 Å². The maximum atomic E-state index is 8.98. The van der Waals surface area contributed by atoms with E-state index in [1.54, 1.807) is 42.4 Å². The van der Waals surface area contributed by atoms with Crippen LogP contribution in [-0.4, -0.2) is 21.9 Å². The Kier molecular flexibility index (Phi) is 6.55. The highest BCUT2D eigenvalue weighted by Gasteiger charge is 2.08. The molecule has 0 fully saturated rings. The third kappa shape index (κ3) is 4.58. The van der Waals surface area contributed by atoms with Crippen molar-refractivity contribution in [1.82, 2.24) is 14.8 Å². The topological polar surface area (TPSA) is 73.0 Å². The van der Waals surface area contributed by atoms with Gasteiger partial charge in [0.1, 0.15) is 12.4 Å². The van der Waals surface area contributed by atoms with Gasteiger partial charge in [-0.2, -0.15) is 15.0 Å². The second-order valence-corrected chi connectivity index (χ2v) is 4.74. The van der Waals surface area contributed by atoms with Crippen LogP contribution in [0.5, 0.6) is 11.6 Å². The molecule has 0 aliphatic heterocycles. The number of hydrogen-bond donors (Lipinski definition) is 0. The van der Waals surface area contributed by atoms with Crippen molar-refractivity contribution in [2.24, 2.45) is 0 Å². The molecule has 128 valence electrons. The van der Waals surface area contributed by atoms with Crippen molar-refractivity contribution in [2.45, 2.75) is 20.5 Å². The van der Waals surface area contributed by atoms with Crippen molar-refractivity contribution in [2.75, 3.05) is 7.11 Å². The van der Waals surface area contributed by atoms with Gasteiger partial charge in [-0.1, -0.05) is 26.0 Å². The molecular formula is C19H20N4O2. The number of aromatic nitrogens is 3. The number of hydrogen-bond acceptors (Lipinski definition) is 5. The molecule has 1 aromatic carbocycles. The minimum atomic E-state index is 0.376. The fourth-order valence-corrected chi connectivity index (χ4v) is 2.10. The van der Waals surface area contributed by atoms with Crippen LogP contribution in [0.15, 0.2) is 54.9 Å². The van der Waals surface area contributed by atoms with E-state index in [4.69, 9.17) is 14.7 Å². The highest BCUT2D eigenvalue weighted by molar-refractivity contribution is 5.37. The quantitative estimate of drug-likeness (QED) is 0.709. The maximum absolute atomic E-state index is 8.98. The lowest BCUT2D eigenvalue weighted by Crippen LogP contribution is -2.05. The molecular weight excluding hydrogens is 316 g/mol. The van der Waals surface area contributed by atoms with E-state index in [0.717, 1.165) is 11.3 Å². The molecule has 25 heavy (non-hydrogen) atoms. The summed E-state index contributed by atoms with van der Waals surface area (Å²) < 4.78 is 12.6. The molecule has 0 aliphatic carbocycles. The third-order valence-electron chi connectivity index (χ3n) is 3.22. The molecule has 0 spiro atoms. The van der Waals surface area contributed by atoms with Crippen LogP contribution in [0.2, 0.25) is 0 Å². The molecule has 0 atom stereocenters. The summed E-state index contributed by atoms with van der Waals surface area (Å²) in [6, 6.07) is 14.8. The minimum Gasteiger partial charge on any atom is -0.497 e. The molecule has 6 nitrogen and oxygen atoms in total. The van der Waals surface area contributed by atoms with Gasteiger partial charge < -0.3 is 9.47 Å². The normalized spacial score (nSPS) is 9.52. The van der Waals surface area contributed by atoms with Gasteiger partial charge in [-0.3, -0.25) is 0 Å². The van der Waals surface area contributed by atoms with Gasteiger partial charge in [0, 0.05) is 18.3 Å². The van der Waals surface area contributed by atoms with Gasteiger partial charge in [0.05, 0.1) is 24.9 Å². The molecule has 0 bridgehead atoms. The number of nitrogens with zero attached hydrogens (tertiary/aromatic N) is 4. The van der Waals surface area contributed by atoms with E-state index in [0.29, 0.717) is 23.9 Å². The largest absolute Gasteiger partial charge is 0.497 e. The van der Waals surface area contributed by atoms with E-state index in [1.807, 2.05) is 38.1 Å². The first kappa shape index (κ1) is 18.0. The van der Waals surface area contributed by atoms with Crippen LogP contribution in [0, 0.1) is 11.3 Å². The van der Waals surface area contributed by atoms with E-state index >= 15 is 0 Å². The molecule has 0 radical (unpaired) electrons. The number of methoxy groups -OCH3 is 1. The highest BCUT2D eigenvalue weighted by Crippen LogP contribution is 2.19. The number of ether oxygens (including phenoxy) is 2. The molecule has 0 amide bonds. The third-order valence-corrected chi connectivity index (χ3v) is 3.22. The number of pyridine rings is 1. The maximum Gasteiger partial charge on any atom is 0.218 e. The standard InChI is InChI=1S/C17H14N4O2.C2H6/c1-22-15-4-2-3-14(9-15)12-23-17-6-8-20-21(17)16-10-13(11-18)5-7-19-16;1-2/h2-10H,12H2,1H3;1-2H3. The summed E-state index contributed by atoms with van der Waals surface area (Å²) in [5.74, 6) is 1.87. The Balaban J connectivity index is 0.00000109. The SMILES string of the molecule is CC.COc1cccc(COc2ccnn2-c2cc(C#N)ccn2)c1. The first-order chi connectivity index (χ1) is 12.3. The van der Waals surface area contributed by atoms with Crippen LogP contribution < -0.4 is 9.47 Å². The fraction of sp³-hybridized carbons (Fsp3) is 0.211. The molecule has 2 aromatic heterocycles. The van der Waals surface area contributed by atoms with E-state index < -0.39 is 0 Å². The van der Waals surface area contributed by atoms with Crippen LogP contribution >= 0.6 is 0 Å². The summed E-state index contributed by atoms with van der Waals surface area (Å²) in [5, 5.41) is 13.2. The van der Waals surface area contributed by atoms with Crippen LogP contribution in [0.25, 0.3) is 5.82 Å². The Morgan fingerprint density at radius 2 is 1.96 bits per heavy atom. The monoisotopic (exact) mass is 336 g/mol. The second kappa shape index (κ2) is 9.08. The zero-order valence-corrected chi connectivity index (χ0v) is 14.5. The van der Waals surface area contributed by atoms with Crippen molar-refractivity contribution >= 4 is 0 Å². The van der Waals surface area contributed by atoms with Crippen LogP contribution in [0.3, 0.4) is 0 Å². The fourth-order valence-electron chi connectivity index (χ4n) is 2.10. The summed E-state index contributed by atoms with van der Waals surface area (Å²) in [7, 11) is 1.63. The number of rotatable bonds is 5. The van der Waals surface area contributed by atoms with E-state index in [9.17, 15) is 0 Å². The lowest BCUT2D eigenvalue weighted by molar-refractivity contribution is 0.283. The average Bonchev–Trinajstić information content (AvgIpc) is 3.17. The van der Waals surface area contributed by atoms with Gasteiger partial charge in [-0.25, -0.2) is 4.98 Å². The van der Waals surface area contributed by atoms with Crippen LogP contribution in [0.4, 0.5) is 0 Å². The summed E-state index contributed by atoms with van der Waals surface area (Å²) in [6.07, 6.45) is 3.20. The minimum absolute atomic E-state index is 0.376. The molecule has 6 heteroatoms. The van der Waals surface area contributed by atoms with Gasteiger partial charge >= 0.3 is 0 Å². The zero-order chi connectivity index (χ0) is 18.1. The number of benzene rings is 1. The van der Waals surface area contributed by atoms with Gasteiger partial charge in [-0.05, 0) is 23.8 Å². The highest BCUT2D eigenvalue weighted by atomic mass is 16.5. The van der Waals surface area contributed by atoms with E-state index in [-0.39, 0.29) is 0 Å². The van der Waals surface area contributed by atoms with E-state index in [2.05, 4.69) is 16.2 Å². The molecule has 0 unspecified atom stereocenters. The van der Waals surface area contributed by atoms with Crippen molar-refractivity contribution in [3.8, 4) is 23.5 Å². The van der Waals surface area contributed by atoms with Gasteiger partial charge in [0.25, 0.3) is 0 Å². The lowest BCUT2D eigenvalue weighted by atomic mass is 10.2. The summed E-state index contributed by atoms with van der Waals surface area (Å²) in [5.41, 5.74) is 1.50. The Labute approximate surface area is 147 Å². The van der Waals surface area contributed by atoms with Crippen LogP contribution in [-0.2, 0) is 6.61 Å². The molecule has 3 rings (SSSR count). The van der Waals surface area contributed by atoms with E-state index in [1.165, 1.54) is 0 Å². The molecule has 0 saturated carbocycles.